The molecule has 29 heavy (non-hydrogen) atoms. The molecule has 2 N–H and O–H groups in total. The molecule has 0 unspecified atom stereocenters. The average Bonchev–Trinajstić information content (AvgIpc) is 2.67. The van der Waals surface area contributed by atoms with Gasteiger partial charge in [-0.1, -0.05) is 0 Å². The average molecular weight is 399 g/mol. The van der Waals surface area contributed by atoms with E-state index in [1.165, 1.54) is 0 Å². The van der Waals surface area contributed by atoms with Gasteiger partial charge in [0.15, 0.2) is 0 Å². The standard InChI is InChI=1S/C23H34N4O2/c1-16(2)29-20-6-7-21(24-5)17(13-20)12-19-14-22(26-15-25-19)27-10-8-18(9-11-27)23(3,4)28/h6-7,13-16,18,24,28H,8-12H2,1-5H3. The molecule has 2 aromatic rings. The number of aromatic nitrogens is 2. The Morgan fingerprint density at radius 1 is 1.21 bits per heavy atom. The number of rotatable bonds is 7. The number of hydrogen-bond acceptors (Lipinski definition) is 6. The fourth-order valence-electron chi connectivity index (χ4n) is 3.97. The van der Waals surface area contributed by atoms with Gasteiger partial charge in [0.1, 0.15) is 17.9 Å². The molecule has 1 aromatic carbocycles. The molecular formula is C23H34N4O2. The minimum absolute atomic E-state index is 0.140. The summed E-state index contributed by atoms with van der Waals surface area (Å²) in [6, 6.07) is 8.21. The summed E-state index contributed by atoms with van der Waals surface area (Å²) in [4.78, 5) is 11.3. The van der Waals surface area contributed by atoms with Crippen molar-refractivity contribution >= 4 is 11.5 Å². The lowest BCUT2D eigenvalue weighted by Gasteiger charge is -2.38. The molecule has 1 aromatic heterocycles. The first kappa shape index (κ1) is 21.4. The molecule has 0 atom stereocenters. The molecule has 0 bridgehead atoms. The predicted molar refractivity (Wildman–Crippen MR) is 118 cm³/mol. The van der Waals surface area contributed by atoms with E-state index in [4.69, 9.17) is 4.74 Å². The van der Waals surface area contributed by atoms with Crippen LogP contribution in [0, 0.1) is 5.92 Å². The van der Waals surface area contributed by atoms with Crippen molar-refractivity contribution in [2.45, 2.75) is 58.7 Å². The monoisotopic (exact) mass is 398 g/mol. The Morgan fingerprint density at radius 3 is 2.55 bits per heavy atom. The maximum atomic E-state index is 10.3. The second-order valence-electron chi connectivity index (χ2n) is 8.69. The van der Waals surface area contributed by atoms with Crippen LogP contribution in [0.1, 0.15) is 51.8 Å². The van der Waals surface area contributed by atoms with Crippen LogP contribution in [0.2, 0.25) is 0 Å². The summed E-state index contributed by atoms with van der Waals surface area (Å²) >= 11 is 0. The quantitative estimate of drug-likeness (QED) is 0.737. The van der Waals surface area contributed by atoms with Crippen molar-refractivity contribution in [3.8, 4) is 5.75 Å². The Hall–Kier alpha value is -2.34. The Kier molecular flexibility index (Phi) is 6.63. The van der Waals surface area contributed by atoms with E-state index >= 15 is 0 Å². The van der Waals surface area contributed by atoms with Gasteiger partial charge in [0, 0.05) is 38.3 Å². The van der Waals surface area contributed by atoms with Gasteiger partial charge in [0.2, 0.25) is 0 Å². The molecule has 0 radical (unpaired) electrons. The smallest absolute Gasteiger partial charge is 0.132 e. The van der Waals surface area contributed by atoms with Crippen LogP contribution < -0.4 is 15.0 Å². The highest BCUT2D eigenvalue weighted by Crippen LogP contribution is 2.30. The third kappa shape index (κ3) is 5.60. The highest BCUT2D eigenvalue weighted by Gasteiger charge is 2.30. The molecule has 0 amide bonds. The highest BCUT2D eigenvalue weighted by molar-refractivity contribution is 5.55. The third-order valence-electron chi connectivity index (χ3n) is 5.62. The zero-order valence-corrected chi connectivity index (χ0v) is 18.3. The van der Waals surface area contributed by atoms with Crippen LogP contribution in [0.3, 0.4) is 0 Å². The van der Waals surface area contributed by atoms with E-state index in [-0.39, 0.29) is 6.10 Å². The third-order valence-corrected chi connectivity index (χ3v) is 5.62. The Bertz CT molecular complexity index is 809. The molecule has 1 saturated heterocycles. The molecule has 0 aliphatic carbocycles. The van der Waals surface area contributed by atoms with Gasteiger partial charge >= 0.3 is 0 Å². The van der Waals surface area contributed by atoms with Crippen molar-refractivity contribution in [1.82, 2.24) is 9.97 Å². The SMILES string of the molecule is CNc1ccc(OC(C)C)cc1Cc1cc(N2CCC(C(C)(C)O)CC2)ncn1. The topological polar surface area (TPSA) is 70.5 Å². The first-order valence-corrected chi connectivity index (χ1v) is 10.5. The van der Waals surface area contributed by atoms with E-state index in [1.54, 1.807) is 6.33 Å². The van der Waals surface area contributed by atoms with Gasteiger partial charge in [0.05, 0.1) is 17.4 Å². The van der Waals surface area contributed by atoms with Crippen LogP contribution in [0.15, 0.2) is 30.6 Å². The summed E-state index contributed by atoms with van der Waals surface area (Å²) in [7, 11) is 1.93. The maximum absolute atomic E-state index is 10.3. The van der Waals surface area contributed by atoms with Crippen LogP contribution in [0.5, 0.6) is 5.75 Å². The van der Waals surface area contributed by atoms with E-state index < -0.39 is 5.60 Å². The molecule has 2 heterocycles. The molecule has 1 fully saturated rings. The van der Waals surface area contributed by atoms with Gasteiger partial charge in [-0.05, 0) is 70.2 Å². The lowest BCUT2D eigenvalue weighted by molar-refractivity contribution is 0.00645. The second-order valence-corrected chi connectivity index (χ2v) is 8.69. The number of aliphatic hydroxyl groups is 1. The number of nitrogens with zero attached hydrogens (tertiary/aromatic N) is 3. The maximum Gasteiger partial charge on any atom is 0.132 e. The Balaban J connectivity index is 1.74. The summed E-state index contributed by atoms with van der Waals surface area (Å²) in [6.45, 7) is 9.70. The van der Waals surface area contributed by atoms with Crippen molar-refractivity contribution in [2.24, 2.45) is 5.92 Å². The van der Waals surface area contributed by atoms with Crippen molar-refractivity contribution in [2.75, 3.05) is 30.4 Å². The zero-order chi connectivity index (χ0) is 21.0. The molecular weight excluding hydrogens is 364 g/mol. The molecule has 3 rings (SSSR count). The van der Waals surface area contributed by atoms with Gasteiger partial charge in [0.25, 0.3) is 0 Å². The Labute approximate surface area is 174 Å². The van der Waals surface area contributed by atoms with E-state index in [1.807, 2.05) is 40.8 Å². The minimum atomic E-state index is -0.616. The van der Waals surface area contributed by atoms with E-state index in [9.17, 15) is 5.11 Å². The Morgan fingerprint density at radius 2 is 1.93 bits per heavy atom. The first-order chi connectivity index (χ1) is 13.8. The number of hydrogen-bond donors (Lipinski definition) is 2. The van der Waals surface area contributed by atoms with E-state index in [0.717, 1.165) is 54.4 Å². The normalized spacial score (nSPS) is 15.6. The fraction of sp³-hybridized carbons (Fsp3) is 0.565. The van der Waals surface area contributed by atoms with Gasteiger partial charge in [-0.15, -0.1) is 0 Å². The molecule has 0 spiro atoms. The van der Waals surface area contributed by atoms with E-state index in [0.29, 0.717) is 12.3 Å². The lowest BCUT2D eigenvalue weighted by Crippen LogP contribution is -2.42. The van der Waals surface area contributed by atoms with Crippen LogP contribution in [-0.2, 0) is 6.42 Å². The summed E-state index contributed by atoms with van der Waals surface area (Å²) in [6.07, 6.45) is 4.45. The van der Waals surface area contributed by atoms with Crippen molar-refractivity contribution in [3.63, 3.8) is 0 Å². The number of benzene rings is 1. The summed E-state index contributed by atoms with van der Waals surface area (Å²) in [5.74, 6) is 2.17. The van der Waals surface area contributed by atoms with Gasteiger partial charge < -0.3 is 20.1 Å². The van der Waals surface area contributed by atoms with Crippen LogP contribution in [-0.4, -0.2) is 46.9 Å². The first-order valence-electron chi connectivity index (χ1n) is 10.5. The number of nitrogens with one attached hydrogen (secondary N) is 1. The van der Waals surface area contributed by atoms with Crippen LogP contribution in [0.25, 0.3) is 0 Å². The summed E-state index contributed by atoms with van der Waals surface area (Å²) in [5, 5.41) is 13.5. The van der Waals surface area contributed by atoms with Crippen molar-refractivity contribution in [1.29, 1.82) is 0 Å². The highest BCUT2D eigenvalue weighted by atomic mass is 16.5. The molecule has 0 saturated carbocycles. The number of anilines is 2. The zero-order valence-electron chi connectivity index (χ0n) is 18.3. The molecule has 6 nitrogen and oxygen atoms in total. The van der Waals surface area contributed by atoms with Gasteiger partial charge in [-0.3, -0.25) is 0 Å². The van der Waals surface area contributed by atoms with E-state index in [2.05, 4.69) is 38.4 Å². The van der Waals surface area contributed by atoms with Gasteiger partial charge in [-0.2, -0.15) is 0 Å². The van der Waals surface area contributed by atoms with Crippen molar-refractivity contribution in [3.05, 3.63) is 41.9 Å². The van der Waals surface area contributed by atoms with Crippen LogP contribution >= 0.6 is 0 Å². The summed E-state index contributed by atoms with van der Waals surface area (Å²) < 4.78 is 5.86. The van der Waals surface area contributed by atoms with Crippen molar-refractivity contribution < 1.29 is 9.84 Å². The molecule has 1 aliphatic heterocycles. The van der Waals surface area contributed by atoms with Gasteiger partial charge in [-0.25, -0.2) is 9.97 Å². The lowest BCUT2D eigenvalue weighted by atomic mass is 9.83. The molecule has 6 heteroatoms. The predicted octanol–water partition coefficient (Wildman–Crippen LogP) is 3.88. The number of piperidine rings is 1. The largest absolute Gasteiger partial charge is 0.491 e. The summed E-state index contributed by atoms with van der Waals surface area (Å²) in [5.41, 5.74) is 2.59. The molecule has 1 aliphatic rings. The minimum Gasteiger partial charge on any atom is -0.491 e. The molecule has 158 valence electrons. The second kappa shape index (κ2) is 8.99. The van der Waals surface area contributed by atoms with Crippen LogP contribution in [0.4, 0.5) is 11.5 Å². The number of ether oxygens (including phenoxy) is 1. The fourth-order valence-corrected chi connectivity index (χ4v) is 3.97.